The SMILES string of the molecule is C1=CCC/C=C\CC1.C1=CCC/C=C\CC1.[Ni]. The van der Waals surface area contributed by atoms with Crippen LogP contribution in [0.4, 0.5) is 0 Å². The summed E-state index contributed by atoms with van der Waals surface area (Å²) < 4.78 is 0. The summed E-state index contributed by atoms with van der Waals surface area (Å²) >= 11 is 0. The third kappa shape index (κ3) is 11.7. The molecule has 2 aliphatic carbocycles. The fourth-order valence-corrected chi connectivity index (χ4v) is 1.71. The first kappa shape index (κ1) is 16.5. The molecule has 0 aromatic heterocycles. The second kappa shape index (κ2) is 13.5. The van der Waals surface area contributed by atoms with E-state index in [2.05, 4.69) is 48.6 Å². The standard InChI is InChI=1S/2C8H12.Ni/c2*1-2-4-6-8-7-5-3-1;/h2*1-2,7-8H,3-6H2;/b2*2-1-,8-7?;. The predicted molar refractivity (Wildman–Crippen MR) is 73.5 cm³/mol. The molecule has 2 rings (SSSR count). The van der Waals surface area contributed by atoms with Gasteiger partial charge in [-0.15, -0.1) is 0 Å². The first-order chi connectivity index (χ1) is 8.00. The minimum absolute atomic E-state index is 0. The first-order valence-electron chi connectivity index (χ1n) is 6.60. The summed E-state index contributed by atoms with van der Waals surface area (Å²) in [6.07, 6.45) is 28.0. The second-order valence-corrected chi connectivity index (χ2v) is 4.20. The summed E-state index contributed by atoms with van der Waals surface area (Å²) in [4.78, 5) is 0. The van der Waals surface area contributed by atoms with Crippen LogP contribution >= 0.6 is 0 Å². The van der Waals surface area contributed by atoms with Crippen molar-refractivity contribution in [2.75, 3.05) is 0 Å². The Kier molecular flexibility index (Phi) is 13.1. The van der Waals surface area contributed by atoms with E-state index in [1.54, 1.807) is 0 Å². The van der Waals surface area contributed by atoms with Crippen molar-refractivity contribution in [3.05, 3.63) is 48.6 Å². The van der Waals surface area contributed by atoms with Crippen LogP contribution in [0.3, 0.4) is 0 Å². The summed E-state index contributed by atoms with van der Waals surface area (Å²) in [6, 6.07) is 0. The third-order valence-electron chi connectivity index (χ3n) is 2.67. The van der Waals surface area contributed by atoms with Crippen molar-refractivity contribution in [3.8, 4) is 0 Å². The molecule has 0 radical (unpaired) electrons. The van der Waals surface area contributed by atoms with Crippen molar-refractivity contribution >= 4 is 0 Å². The van der Waals surface area contributed by atoms with Crippen LogP contribution in [0.2, 0.25) is 0 Å². The summed E-state index contributed by atoms with van der Waals surface area (Å²) in [7, 11) is 0. The van der Waals surface area contributed by atoms with Gasteiger partial charge in [-0.3, -0.25) is 0 Å². The van der Waals surface area contributed by atoms with Crippen molar-refractivity contribution in [2.45, 2.75) is 51.4 Å². The average Bonchev–Trinajstić information content (AvgIpc) is 2.15. The van der Waals surface area contributed by atoms with Gasteiger partial charge in [-0.2, -0.15) is 0 Å². The molecule has 0 aliphatic heterocycles. The van der Waals surface area contributed by atoms with Gasteiger partial charge in [-0.1, -0.05) is 48.6 Å². The van der Waals surface area contributed by atoms with E-state index >= 15 is 0 Å². The van der Waals surface area contributed by atoms with Crippen LogP contribution in [0.15, 0.2) is 48.6 Å². The molecule has 0 saturated carbocycles. The third-order valence-corrected chi connectivity index (χ3v) is 2.67. The monoisotopic (exact) mass is 274 g/mol. The maximum absolute atomic E-state index is 2.27. The molecule has 0 fully saturated rings. The van der Waals surface area contributed by atoms with Gasteiger partial charge >= 0.3 is 0 Å². The van der Waals surface area contributed by atoms with Crippen LogP contribution in [-0.4, -0.2) is 0 Å². The molecule has 0 spiro atoms. The largest absolute Gasteiger partial charge is 0.0882 e. The maximum atomic E-state index is 2.27. The molecule has 0 amide bonds. The van der Waals surface area contributed by atoms with Crippen LogP contribution in [0, 0.1) is 0 Å². The van der Waals surface area contributed by atoms with E-state index < -0.39 is 0 Å². The molecule has 0 atom stereocenters. The van der Waals surface area contributed by atoms with Crippen LogP contribution in [0.1, 0.15) is 51.4 Å². The van der Waals surface area contributed by atoms with Crippen LogP contribution in [0.25, 0.3) is 0 Å². The first-order valence-corrected chi connectivity index (χ1v) is 6.60. The van der Waals surface area contributed by atoms with E-state index in [0.29, 0.717) is 0 Å². The molecule has 0 nitrogen and oxygen atoms in total. The second-order valence-electron chi connectivity index (χ2n) is 4.20. The Morgan fingerprint density at radius 2 is 0.412 bits per heavy atom. The molecule has 0 heterocycles. The zero-order valence-electron chi connectivity index (χ0n) is 10.6. The topological polar surface area (TPSA) is 0 Å². The van der Waals surface area contributed by atoms with Gasteiger partial charge in [0.25, 0.3) is 0 Å². The molecule has 17 heavy (non-hydrogen) atoms. The fraction of sp³-hybridized carbons (Fsp3) is 0.500. The molecular formula is C16H24Ni. The molecule has 0 aromatic carbocycles. The normalized spacial score (nSPS) is 22.6. The van der Waals surface area contributed by atoms with Crippen LogP contribution in [-0.2, 0) is 16.5 Å². The molecule has 1 heteroatoms. The minimum atomic E-state index is 0. The smallest absolute Gasteiger partial charge is 0 e. The van der Waals surface area contributed by atoms with Crippen LogP contribution in [0.5, 0.6) is 0 Å². The Balaban J connectivity index is 0.000000284. The molecule has 0 saturated heterocycles. The number of hydrogen-bond donors (Lipinski definition) is 0. The van der Waals surface area contributed by atoms with E-state index in [-0.39, 0.29) is 16.5 Å². The van der Waals surface area contributed by atoms with E-state index in [1.165, 1.54) is 51.4 Å². The van der Waals surface area contributed by atoms with E-state index in [4.69, 9.17) is 0 Å². The summed E-state index contributed by atoms with van der Waals surface area (Å²) in [6.45, 7) is 0. The van der Waals surface area contributed by atoms with Crippen molar-refractivity contribution in [1.82, 2.24) is 0 Å². The summed E-state index contributed by atoms with van der Waals surface area (Å²) in [5.41, 5.74) is 0. The zero-order chi connectivity index (χ0) is 11.3. The van der Waals surface area contributed by atoms with Gasteiger partial charge in [0.2, 0.25) is 0 Å². The molecule has 98 valence electrons. The number of allylic oxidation sites excluding steroid dienone is 8. The Morgan fingerprint density at radius 3 is 0.529 bits per heavy atom. The predicted octanol–water partition coefficient (Wildman–Crippen LogP) is 5.34. The van der Waals surface area contributed by atoms with E-state index in [0.717, 1.165) is 0 Å². The van der Waals surface area contributed by atoms with Crippen molar-refractivity contribution in [3.63, 3.8) is 0 Å². The Bertz CT molecular complexity index is 179. The molecule has 0 aromatic rings. The van der Waals surface area contributed by atoms with Crippen molar-refractivity contribution in [2.24, 2.45) is 0 Å². The molecule has 2 aliphatic rings. The van der Waals surface area contributed by atoms with Crippen LogP contribution < -0.4 is 0 Å². The van der Waals surface area contributed by atoms with Gasteiger partial charge in [0.05, 0.1) is 0 Å². The Hall–Kier alpha value is -0.546. The maximum Gasteiger partial charge on any atom is 0 e. The fourth-order valence-electron chi connectivity index (χ4n) is 1.71. The van der Waals surface area contributed by atoms with Gasteiger partial charge in [0.15, 0.2) is 0 Å². The van der Waals surface area contributed by atoms with Gasteiger partial charge < -0.3 is 0 Å². The van der Waals surface area contributed by atoms with Gasteiger partial charge in [-0.25, -0.2) is 0 Å². The summed E-state index contributed by atoms with van der Waals surface area (Å²) in [5.74, 6) is 0. The molecule has 0 N–H and O–H groups in total. The quantitative estimate of drug-likeness (QED) is 0.413. The van der Waals surface area contributed by atoms with Gasteiger partial charge in [0.1, 0.15) is 0 Å². The molecule has 0 unspecified atom stereocenters. The summed E-state index contributed by atoms with van der Waals surface area (Å²) in [5, 5.41) is 0. The Morgan fingerprint density at radius 1 is 0.294 bits per heavy atom. The molecular weight excluding hydrogens is 251 g/mol. The zero-order valence-corrected chi connectivity index (χ0v) is 11.6. The van der Waals surface area contributed by atoms with Crippen molar-refractivity contribution in [1.29, 1.82) is 0 Å². The minimum Gasteiger partial charge on any atom is -0.0882 e. The van der Waals surface area contributed by atoms with Gasteiger partial charge in [0, 0.05) is 16.5 Å². The van der Waals surface area contributed by atoms with E-state index in [9.17, 15) is 0 Å². The van der Waals surface area contributed by atoms with Crippen molar-refractivity contribution < 1.29 is 16.5 Å². The van der Waals surface area contributed by atoms with Gasteiger partial charge in [-0.05, 0) is 51.4 Å². The Labute approximate surface area is 116 Å². The van der Waals surface area contributed by atoms with E-state index in [1.807, 2.05) is 0 Å². The number of rotatable bonds is 0. The molecule has 0 bridgehead atoms. The average molecular weight is 275 g/mol. The number of hydrogen-bond acceptors (Lipinski definition) is 0.